The Kier molecular flexibility index (Phi) is 12.0. The Labute approximate surface area is 456 Å². The molecule has 0 radical (unpaired) electrons. The SMILES string of the molecule is CCCCC1(CCCC)c2cc(-c3cc4sc(-c5ccc6c(c5)C(CCCC)(CCCC)c5cc7c(cc5-6)oc5ccc(-c6ccccc6)cc57)cc4s3)ccc2-c2cc3c(cc21)C1C=C(c2ccccc2)C=CC1O3. The molecule has 4 aliphatic rings. The summed E-state index contributed by atoms with van der Waals surface area (Å²) in [6, 6.07) is 58.1. The molecule has 4 heterocycles. The van der Waals surface area contributed by atoms with E-state index in [-0.39, 0.29) is 22.9 Å². The maximum absolute atomic E-state index is 6.81. The van der Waals surface area contributed by atoms with E-state index in [4.69, 9.17) is 9.15 Å². The Morgan fingerprint density at radius 2 is 0.974 bits per heavy atom. The molecule has 0 amide bonds. The highest BCUT2D eigenvalue weighted by Gasteiger charge is 2.46. The van der Waals surface area contributed by atoms with Crippen LogP contribution >= 0.6 is 22.7 Å². The quantitative estimate of drug-likeness (QED) is 0.0962. The van der Waals surface area contributed by atoms with E-state index in [2.05, 4.69) is 198 Å². The number of thiophene rings is 2. The van der Waals surface area contributed by atoms with Crippen molar-refractivity contribution in [3.8, 4) is 60.0 Å². The highest BCUT2D eigenvalue weighted by Crippen LogP contribution is 2.60. The lowest BCUT2D eigenvalue weighted by molar-refractivity contribution is 0.269. The van der Waals surface area contributed by atoms with Gasteiger partial charge in [-0.25, -0.2) is 0 Å². The molecule has 10 aromatic rings. The normalized spacial score (nSPS) is 17.1. The second-order valence-electron chi connectivity index (χ2n) is 22.5. The summed E-state index contributed by atoms with van der Waals surface area (Å²) in [6.45, 7) is 9.42. The average molecular weight is 1030 g/mol. The van der Waals surface area contributed by atoms with E-state index in [0.29, 0.717) is 0 Å². The number of benzene rings is 7. The van der Waals surface area contributed by atoms with Crippen LogP contribution in [0.3, 0.4) is 0 Å². The number of ether oxygens (including phenoxy) is 1. The summed E-state index contributed by atoms with van der Waals surface area (Å²) < 4.78 is 16.3. The highest BCUT2D eigenvalue weighted by atomic mass is 32.1. The summed E-state index contributed by atoms with van der Waals surface area (Å²) in [5.74, 6) is 1.26. The molecule has 0 bridgehead atoms. The Morgan fingerprint density at radius 3 is 1.57 bits per heavy atom. The maximum Gasteiger partial charge on any atom is 0.136 e. The van der Waals surface area contributed by atoms with E-state index in [0.717, 1.165) is 42.6 Å². The first-order valence-corrected chi connectivity index (χ1v) is 30.2. The van der Waals surface area contributed by atoms with E-state index < -0.39 is 0 Å². The fourth-order valence-electron chi connectivity index (χ4n) is 14.1. The van der Waals surface area contributed by atoms with Crippen LogP contribution in [0.5, 0.6) is 5.75 Å². The van der Waals surface area contributed by atoms with Crippen LogP contribution in [0.15, 0.2) is 174 Å². The van der Waals surface area contributed by atoms with Crippen LogP contribution in [0, 0.1) is 0 Å². The summed E-state index contributed by atoms with van der Waals surface area (Å²) >= 11 is 3.93. The van der Waals surface area contributed by atoms with Crippen LogP contribution in [-0.2, 0) is 10.8 Å². The summed E-state index contributed by atoms with van der Waals surface area (Å²) in [6.07, 6.45) is 21.2. The van der Waals surface area contributed by atoms with Crippen molar-refractivity contribution >= 4 is 59.6 Å². The van der Waals surface area contributed by atoms with Crippen LogP contribution < -0.4 is 4.74 Å². The second kappa shape index (κ2) is 19.1. The molecular weight excluding hydrogens is 961 g/mol. The first-order valence-electron chi connectivity index (χ1n) is 28.6. The minimum Gasteiger partial charge on any atom is -0.485 e. The number of furan rings is 1. The van der Waals surface area contributed by atoms with Gasteiger partial charge in [0, 0.05) is 52.2 Å². The van der Waals surface area contributed by atoms with Gasteiger partial charge < -0.3 is 9.15 Å². The fraction of sp³-hybridized carbons (Fsp3) is 0.278. The third kappa shape index (κ3) is 7.59. The molecule has 0 fully saturated rings. The van der Waals surface area contributed by atoms with Gasteiger partial charge in [0.15, 0.2) is 0 Å². The van der Waals surface area contributed by atoms with Gasteiger partial charge in [0.2, 0.25) is 0 Å². The zero-order valence-corrected chi connectivity index (χ0v) is 46.1. The molecule has 2 atom stereocenters. The van der Waals surface area contributed by atoms with Crippen LogP contribution in [0.2, 0.25) is 0 Å². The summed E-state index contributed by atoms with van der Waals surface area (Å²) in [7, 11) is 0. The van der Waals surface area contributed by atoms with Crippen molar-refractivity contribution in [2.24, 2.45) is 0 Å². The molecule has 4 heteroatoms. The molecule has 14 rings (SSSR count). The van der Waals surface area contributed by atoms with Crippen molar-refractivity contribution in [1.29, 1.82) is 0 Å². The first-order chi connectivity index (χ1) is 37.4. The van der Waals surface area contributed by atoms with Crippen molar-refractivity contribution in [1.82, 2.24) is 0 Å². The van der Waals surface area contributed by atoms with Crippen LogP contribution in [0.4, 0.5) is 0 Å². The smallest absolute Gasteiger partial charge is 0.136 e. The van der Waals surface area contributed by atoms with E-state index >= 15 is 0 Å². The van der Waals surface area contributed by atoms with Crippen molar-refractivity contribution in [3.05, 3.63) is 203 Å². The molecule has 3 aliphatic carbocycles. The number of rotatable bonds is 16. The standard InChI is InChI=1S/C72H66O2S2/c1-5-9-31-71(32-10-6-2)59-37-49(23-27-51(59)53-41-65-57(39-61(53)71)55-35-47(25-29-63(55)73-65)45-19-15-13-16-20-45)67-43-69-70(75-67)44-68(76-69)50-24-28-52-54-42-66-58(40-62(54)72(33-11-7-3,34-12-8-4)60(52)38-50)56-36-48(26-30-64(56)74-66)46-21-17-14-18-22-46/h13-30,35-44,55,63H,5-12,31-34H2,1-4H3. The number of allylic oxidation sites excluding steroid dienone is 2. The summed E-state index contributed by atoms with van der Waals surface area (Å²) in [5.41, 5.74) is 22.5. The van der Waals surface area contributed by atoms with Gasteiger partial charge in [0.25, 0.3) is 0 Å². The molecule has 0 saturated carbocycles. The molecule has 1 aliphatic heterocycles. The Morgan fingerprint density at radius 1 is 0.447 bits per heavy atom. The number of hydrogen-bond acceptors (Lipinski definition) is 4. The van der Waals surface area contributed by atoms with Gasteiger partial charge in [-0.3, -0.25) is 0 Å². The van der Waals surface area contributed by atoms with Crippen LogP contribution in [-0.4, -0.2) is 6.10 Å². The van der Waals surface area contributed by atoms with E-state index in [1.165, 1.54) is 165 Å². The van der Waals surface area contributed by atoms with Gasteiger partial charge in [0.1, 0.15) is 23.0 Å². The van der Waals surface area contributed by atoms with Crippen LogP contribution in [0.1, 0.15) is 144 Å². The van der Waals surface area contributed by atoms with E-state index in [1.807, 2.05) is 22.7 Å². The predicted molar refractivity (Wildman–Crippen MR) is 325 cm³/mol. The highest BCUT2D eigenvalue weighted by molar-refractivity contribution is 7.31. The molecule has 0 spiro atoms. The first kappa shape index (κ1) is 47.7. The Bertz CT molecular complexity index is 3880. The average Bonchev–Trinajstić information content (AvgIpc) is 4.36. The van der Waals surface area contributed by atoms with E-state index in [1.54, 1.807) is 0 Å². The lowest BCUT2D eigenvalue weighted by Crippen LogP contribution is -2.25. The van der Waals surface area contributed by atoms with Gasteiger partial charge in [-0.05, 0) is 170 Å². The predicted octanol–water partition coefficient (Wildman–Crippen LogP) is 21.7. The number of unbranched alkanes of at least 4 members (excludes halogenated alkanes) is 4. The van der Waals surface area contributed by atoms with Crippen molar-refractivity contribution in [3.63, 3.8) is 0 Å². The molecule has 7 aromatic carbocycles. The summed E-state index contributed by atoms with van der Waals surface area (Å²) in [4.78, 5) is 2.72. The summed E-state index contributed by atoms with van der Waals surface area (Å²) in [5, 5.41) is 2.44. The topological polar surface area (TPSA) is 22.4 Å². The zero-order valence-electron chi connectivity index (χ0n) is 44.4. The monoisotopic (exact) mass is 1030 g/mol. The second-order valence-corrected chi connectivity index (χ2v) is 24.7. The maximum atomic E-state index is 6.81. The molecule has 76 heavy (non-hydrogen) atoms. The third-order valence-electron chi connectivity index (χ3n) is 18.1. The van der Waals surface area contributed by atoms with Gasteiger partial charge >= 0.3 is 0 Å². The molecule has 378 valence electrons. The third-order valence-corrected chi connectivity index (χ3v) is 20.5. The van der Waals surface area contributed by atoms with Crippen LogP contribution in [0.25, 0.3) is 91.2 Å². The minimum absolute atomic E-state index is 0.0294. The molecular formula is C72H66O2S2. The van der Waals surface area contributed by atoms with Gasteiger partial charge in [0.05, 0.1) is 0 Å². The number of fused-ring (bicyclic) bond motifs is 13. The number of hydrogen-bond donors (Lipinski definition) is 0. The van der Waals surface area contributed by atoms with Crippen molar-refractivity contribution in [2.75, 3.05) is 0 Å². The van der Waals surface area contributed by atoms with Gasteiger partial charge in [-0.2, -0.15) is 0 Å². The van der Waals surface area contributed by atoms with Crippen molar-refractivity contribution in [2.45, 2.75) is 128 Å². The molecule has 0 saturated heterocycles. The Hall–Kier alpha value is -6.72. The van der Waals surface area contributed by atoms with E-state index in [9.17, 15) is 0 Å². The van der Waals surface area contributed by atoms with Crippen molar-refractivity contribution < 1.29 is 9.15 Å². The molecule has 0 N–H and O–H groups in total. The zero-order chi connectivity index (χ0) is 51.1. The lowest BCUT2D eigenvalue weighted by atomic mass is 9.70. The van der Waals surface area contributed by atoms with Gasteiger partial charge in [-0.15, -0.1) is 22.7 Å². The molecule has 2 unspecified atom stereocenters. The largest absolute Gasteiger partial charge is 0.485 e. The molecule has 3 aromatic heterocycles. The lowest BCUT2D eigenvalue weighted by Gasteiger charge is -2.33. The van der Waals surface area contributed by atoms with Gasteiger partial charge in [-0.1, -0.05) is 182 Å². The molecule has 2 nitrogen and oxygen atoms in total. The minimum atomic E-state index is -0.0498. The Balaban J connectivity index is 0.820. The fourth-order valence-corrected chi connectivity index (χ4v) is 16.5.